The van der Waals surface area contributed by atoms with Gasteiger partial charge in [-0.15, -0.1) is 0 Å². The summed E-state index contributed by atoms with van der Waals surface area (Å²) in [6, 6.07) is 0.257. The van der Waals surface area contributed by atoms with Crippen LogP contribution in [0.5, 0.6) is 0 Å². The van der Waals surface area contributed by atoms with Crippen LogP contribution in [0, 0.1) is 5.21 Å². The minimum absolute atomic E-state index is 0.0259. The Bertz CT molecular complexity index is 329. The van der Waals surface area contributed by atoms with Crippen molar-refractivity contribution in [2.45, 2.75) is 88.7 Å². The van der Waals surface area contributed by atoms with Gasteiger partial charge in [0.2, 0.25) is 6.23 Å². The third-order valence-electron chi connectivity index (χ3n) is 5.68. The van der Waals surface area contributed by atoms with Gasteiger partial charge in [0, 0.05) is 6.04 Å². The molecule has 0 aromatic rings. The smallest absolute Gasteiger partial charge is 0.232 e. The molecule has 20 heavy (non-hydrogen) atoms. The molecule has 5 heteroatoms. The second kappa shape index (κ2) is 5.89. The van der Waals surface area contributed by atoms with E-state index in [4.69, 9.17) is 0 Å². The number of rotatable bonds is 2. The predicted molar refractivity (Wildman–Crippen MR) is 76.1 cm³/mol. The Hall–Kier alpha value is -0.200. The molecule has 3 fully saturated rings. The SMILES string of the molecule is [O-][N+]1(C2CCCCC2)CN(C2CCCCC2)C(O)C1O. The highest BCUT2D eigenvalue weighted by Crippen LogP contribution is 2.38. The molecule has 2 saturated carbocycles. The molecule has 3 atom stereocenters. The van der Waals surface area contributed by atoms with Crippen LogP contribution in [0.1, 0.15) is 64.2 Å². The third-order valence-corrected chi connectivity index (χ3v) is 5.68. The first kappa shape index (κ1) is 14.7. The maximum Gasteiger partial charge on any atom is 0.232 e. The Kier molecular flexibility index (Phi) is 4.34. The number of hydrogen-bond acceptors (Lipinski definition) is 4. The molecule has 1 heterocycles. The van der Waals surface area contributed by atoms with E-state index in [9.17, 15) is 15.4 Å². The Morgan fingerprint density at radius 1 is 0.850 bits per heavy atom. The molecule has 3 rings (SSSR count). The summed E-state index contributed by atoms with van der Waals surface area (Å²) in [6.07, 6.45) is 8.69. The van der Waals surface area contributed by atoms with Crippen molar-refractivity contribution in [3.63, 3.8) is 0 Å². The molecule has 1 saturated heterocycles. The first-order valence-corrected chi connectivity index (χ1v) is 8.33. The van der Waals surface area contributed by atoms with Crippen molar-refractivity contribution in [2.24, 2.45) is 0 Å². The monoisotopic (exact) mass is 284 g/mol. The Morgan fingerprint density at radius 2 is 1.40 bits per heavy atom. The van der Waals surface area contributed by atoms with Gasteiger partial charge < -0.3 is 20.1 Å². The van der Waals surface area contributed by atoms with Gasteiger partial charge >= 0.3 is 0 Å². The molecule has 3 unspecified atom stereocenters. The average molecular weight is 284 g/mol. The van der Waals surface area contributed by atoms with Crippen LogP contribution in [-0.4, -0.2) is 51.0 Å². The van der Waals surface area contributed by atoms with Gasteiger partial charge in [-0.3, -0.25) is 0 Å². The maximum atomic E-state index is 13.1. The summed E-state index contributed by atoms with van der Waals surface area (Å²) in [6.45, 7) is 0.275. The summed E-state index contributed by atoms with van der Waals surface area (Å²) < 4.78 is -0.600. The van der Waals surface area contributed by atoms with E-state index in [0.29, 0.717) is 0 Å². The van der Waals surface area contributed by atoms with Crippen LogP contribution in [0.25, 0.3) is 0 Å². The highest BCUT2D eigenvalue weighted by atomic mass is 16.6. The highest BCUT2D eigenvalue weighted by Gasteiger charge is 2.52. The van der Waals surface area contributed by atoms with Crippen LogP contribution < -0.4 is 0 Å². The first-order chi connectivity index (χ1) is 9.63. The second-order valence-electron chi connectivity index (χ2n) is 6.92. The fourth-order valence-electron chi connectivity index (χ4n) is 4.41. The minimum Gasteiger partial charge on any atom is -0.630 e. The van der Waals surface area contributed by atoms with E-state index in [1.54, 1.807) is 0 Å². The molecule has 3 aliphatic rings. The number of aliphatic hydroxyl groups is 2. The number of hydrogen-bond donors (Lipinski definition) is 2. The standard InChI is InChI=1S/C15H28N2O3/c18-14-15(19)17(20,13-9-5-2-6-10-13)11-16(14)12-7-3-1-4-8-12/h12-15,18-19H,1-11H2. The Morgan fingerprint density at radius 3 is 2.00 bits per heavy atom. The van der Waals surface area contributed by atoms with E-state index in [2.05, 4.69) is 0 Å². The van der Waals surface area contributed by atoms with Gasteiger partial charge in [-0.05, 0) is 38.5 Å². The van der Waals surface area contributed by atoms with Crippen LogP contribution in [0.2, 0.25) is 0 Å². The lowest BCUT2D eigenvalue weighted by Crippen LogP contribution is -2.56. The van der Waals surface area contributed by atoms with Crippen molar-refractivity contribution >= 4 is 0 Å². The molecule has 2 N–H and O–H groups in total. The molecule has 5 nitrogen and oxygen atoms in total. The lowest BCUT2D eigenvalue weighted by molar-refractivity contribution is -0.943. The lowest BCUT2D eigenvalue weighted by atomic mass is 9.94. The summed E-state index contributed by atoms with van der Waals surface area (Å²) in [7, 11) is 0. The zero-order chi connectivity index (χ0) is 14.2. The van der Waals surface area contributed by atoms with Crippen LogP contribution >= 0.6 is 0 Å². The molecule has 2 aliphatic carbocycles. The third kappa shape index (κ3) is 2.50. The zero-order valence-corrected chi connectivity index (χ0v) is 12.3. The average Bonchev–Trinajstić information content (AvgIpc) is 2.75. The van der Waals surface area contributed by atoms with Gasteiger partial charge in [-0.2, -0.15) is 0 Å². The van der Waals surface area contributed by atoms with Crippen LogP contribution in [0.3, 0.4) is 0 Å². The van der Waals surface area contributed by atoms with E-state index in [0.717, 1.165) is 38.5 Å². The maximum absolute atomic E-state index is 13.1. The van der Waals surface area contributed by atoms with Gasteiger partial charge in [-0.1, -0.05) is 25.7 Å². The molecule has 116 valence electrons. The van der Waals surface area contributed by atoms with Crippen molar-refractivity contribution in [3.05, 3.63) is 5.21 Å². The summed E-state index contributed by atoms with van der Waals surface area (Å²) in [5, 5.41) is 33.8. The predicted octanol–water partition coefficient (Wildman–Crippen LogP) is 1.88. The normalized spacial score (nSPS) is 42.1. The van der Waals surface area contributed by atoms with E-state index >= 15 is 0 Å². The lowest BCUT2D eigenvalue weighted by Gasteiger charge is -2.48. The fourth-order valence-corrected chi connectivity index (χ4v) is 4.41. The van der Waals surface area contributed by atoms with Crippen molar-refractivity contribution in [1.29, 1.82) is 0 Å². The highest BCUT2D eigenvalue weighted by molar-refractivity contribution is 4.83. The van der Waals surface area contributed by atoms with Crippen molar-refractivity contribution < 1.29 is 14.9 Å². The number of hydroxylamine groups is 3. The number of nitrogens with zero attached hydrogens (tertiary/aromatic N) is 2. The van der Waals surface area contributed by atoms with Crippen molar-refractivity contribution in [3.8, 4) is 0 Å². The van der Waals surface area contributed by atoms with Crippen LogP contribution in [0.4, 0.5) is 0 Å². The van der Waals surface area contributed by atoms with Crippen LogP contribution in [0.15, 0.2) is 0 Å². The molecule has 0 radical (unpaired) electrons. The number of aliphatic hydroxyl groups excluding tert-OH is 2. The largest absolute Gasteiger partial charge is 0.630 e. The summed E-state index contributed by atoms with van der Waals surface area (Å²) in [5.74, 6) is 0. The summed E-state index contributed by atoms with van der Waals surface area (Å²) in [4.78, 5) is 1.89. The molecule has 0 aromatic carbocycles. The zero-order valence-electron chi connectivity index (χ0n) is 12.3. The van der Waals surface area contributed by atoms with E-state index < -0.39 is 17.1 Å². The molecule has 0 bridgehead atoms. The van der Waals surface area contributed by atoms with Gasteiger partial charge in [-0.25, -0.2) is 4.90 Å². The molecule has 0 aromatic heterocycles. The second-order valence-corrected chi connectivity index (χ2v) is 6.92. The minimum atomic E-state index is -1.18. The summed E-state index contributed by atoms with van der Waals surface area (Å²) in [5.41, 5.74) is 0. The van der Waals surface area contributed by atoms with Crippen LogP contribution in [-0.2, 0) is 0 Å². The fraction of sp³-hybridized carbons (Fsp3) is 1.00. The van der Waals surface area contributed by atoms with Gasteiger partial charge in [0.1, 0.15) is 6.67 Å². The molecular weight excluding hydrogens is 256 g/mol. The molecule has 1 aliphatic heterocycles. The first-order valence-electron chi connectivity index (χ1n) is 8.33. The molecule has 0 spiro atoms. The Balaban J connectivity index is 1.72. The van der Waals surface area contributed by atoms with Gasteiger partial charge in [0.15, 0.2) is 6.23 Å². The van der Waals surface area contributed by atoms with Crippen molar-refractivity contribution in [2.75, 3.05) is 6.67 Å². The number of quaternary nitrogens is 1. The quantitative estimate of drug-likeness (QED) is 0.600. The topological polar surface area (TPSA) is 66.8 Å². The van der Waals surface area contributed by atoms with Crippen molar-refractivity contribution in [1.82, 2.24) is 4.90 Å². The van der Waals surface area contributed by atoms with Gasteiger partial charge in [0.25, 0.3) is 0 Å². The van der Waals surface area contributed by atoms with Gasteiger partial charge in [0.05, 0.1) is 6.04 Å². The van der Waals surface area contributed by atoms with E-state index in [1.165, 1.54) is 25.7 Å². The van der Waals surface area contributed by atoms with E-state index in [1.807, 2.05) is 4.90 Å². The molecular formula is C15H28N2O3. The molecule has 0 amide bonds. The summed E-state index contributed by atoms with van der Waals surface area (Å²) >= 11 is 0. The van der Waals surface area contributed by atoms with E-state index in [-0.39, 0.29) is 18.8 Å². The Labute approximate surface area is 121 Å².